The molecule has 0 aromatic heterocycles. The molecule has 0 aromatic rings. The maximum atomic E-state index is 10.0. The van der Waals surface area contributed by atoms with Crippen LogP contribution in [0.2, 0.25) is 0 Å². The molecule has 1 rings (SSSR count). The maximum Gasteiger partial charge on any atom is 0.128 e. The lowest BCUT2D eigenvalue weighted by Gasteiger charge is -2.29. The third-order valence-corrected chi connectivity index (χ3v) is 3.27. The summed E-state index contributed by atoms with van der Waals surface area (Å²) in [6, 6.07) is 0. The molecule has 1 nitrogen and oxygen atoms in total. The van der Waals surface area contributed by atoms with Crippen LogP contribution in [0.3, 0.4) is 0 Å². The zero-order valence-corrected chi connectivity index (χ0v) is 8.01. The molecule has 1 saturated carbocycles. The zero-order chi connectivity index (χ0) is 9.19. The van der Waals surface area contributed by atoms with E-state index in [1.165, 1.54) is 0 Å². The van der Waals surface area contributed by atoms with Crippen molar-refractivity contribution in [3.8, 4) is 12.3 Å². The Balaban J connectivity index is 2.71. The van der Waals surface area contributed by atoms with Crippen LogP contribution in [0.15, 0.2) is 0 Å². The Kier molecular flexibility index (Phi) is 2.80. The third-order valence-electron chi connectivity index (χ3n) is 3.27. The van der Waals surface area contributed by atoms with Gasteiger partial charge in [-0.1, -0.05) is 26.2 Å². The molecule has 0 saturated heterocycles. The normalized spacial score (nSPS) is 37.7. The molecule has 0 aliphatic heterocycles. The van der Waals surface area contributed by atoms with E-state index in [0.29, 0.717) is 11.8 Å². The molecule has 0 heterocycles. The van der Waals surface area contributed by atoms with Gasteiger partial charge in [0.05, 0.1) is 0 Å². The van der Waals surface area contributed by atoms with Crippen molar-refractivity contribution in [3.63, 3.8) is 0 Å². The molecule has 12 heavy (non-hydrogen) atoms. The molecule has 1 heteroatoms. The summed E-state index contributed by atoms with van der Waals surface area (Å²) < 4.78 is 0. The van der Waals surface area contributed by atoms with Crippen molar-refractivity contribution in [1.29, 1.82) is 0 Å². The predicted molar refractivity (Wildman–Crippen MR) is 50.6 cm³/mol. The van der Waals surface area contributed by atoms with E-state index in [9.17, 15) is 5.11 Å². The molecule has 1 fully saturated rings. The molecule has 1 aliphatic carbocycles. The Hall–Kier alpha value is -0.480. The summed E-state index contributed by atoms with van der Waals surface area (Å²) in [6.07, 6.45) is 9.42. The molecule has 0 radical (unpaired) electrons. The molecule has 1 N–H and O–H groups in total. The van der Waals surface area contributed by atoms with E-state index in [1.54, 1.807) is 0 Å². The van der Waals surface area contributed by atoms with Crippen molar-refractivity contribution in [2.45, 2.75) is 45.1 Å². The molecule has 3 atom stereocenters. The van der Waals surface area contributed by atoms with Crippen molar-refractivity contribution in [3.05, 3.63) is 0 Å². The Morgan fingerprint density at radius 3 is 2.92 bits per heavy atom. The quantitative estimate of drug-likeness (QED) is 0.623. The fourth-order valence-corrected chi connectivity index (χ4v) is 2.23. The predicted octanol–water partition coefficient (Wildman–Crippen LogP) is 2.20. The van der Waals surface area contributed by atoms with Gasteiger partial charge in [-0.2, -0.15) is 0 Å². The highest BCUT2D eigenvalue weighted by Gasteiger charge is 2.41. The lowest BCUT2D eigenvalue weighted by molar-refractivity contribution is 0.0359. The van der Waals surface area contributed by atoms with Gasteiger partial charge in [0.2, 0.25) is 0 Å². The Morgan fingerprint density at radius 1 is 1.75 bits per heavy atom. The van der Waals surface area contributed by atoms with Crippen molar-refractivity contribution < 1.29 is 5.11 Å². The van der Waals surface area contributed by atoms with Gasteiger partial charge in [-0.3, -0.25) is 0 Å². The third kappa shape index (κ3) is 1.49. The van der Waals surface area contributed by atoms with Crippen molar-refractivity contribution >= 4 is 0 Å². The second kappa shape index (κ2) is 3.49. The fraction of sp³-hybridized carbons (Fsp3) is 0.818. The van der Waals surface area contributed by atoms with Gasteiger partial charge in [-0.15, -0.1) is 6.42 Å². The average molecular weight is 166 g/mol. The summed E-state index contributed by atoms with van der Waals surface area (Å²) in [4.78, 5) is 0. The first-order valence-corrected chi connectivity index (χ1v) is 4.84. The van der Waals surface area contributed by atoms with Crippen LogP contribution in [0.5, 0.6) is 0 Å². The summed E-state index contributed by atoms with van der Waals surface area (Å²) >= 11 is 0. The molecule has 0 amide bonds. The van der Waals surface area contributed by atoms with Gasteiger partial charge in [0.15, 0.2) is 0 Å². The van der Waals surface area contributed by atoms with Crippen molar-refractivity contribution in [2.24, 2.45) is 11.8 Å². The molecule has 68 valence electrons. The van der Waals surface area contributed by atoms with Crippen LogP contribution in [0.1, 0.15) is 39.5 Å². The second-order valence-corrected chi connectivity index (χ2v) is 3.95. The monoisotopic (exact) mass is 166 g/mol. The Bertz CT molecular complexity index is 192. The largest absolute Gasteiger partial charge is 0.377 e. The number of hydrogen-bond acceptors (Lipinski definition) is 1. The highest BCUT2D eigenvalue weighted by molar-refractivity contribution is 5.13. The highest BCUT2D eigenvalue weighted by Crippen LogP contribution is 2.40. The van der Waals surface area contributed by atoms with Gasteiger partial charge in [0.25, 0.3) is 0 Å². The molecular weight excluding hydrogens is 148 g/mol. The number of rotatable bonds is 2. The summed E-state index contributed by atoms with van der Waals surface area (Å²) in [7, 11) is 0. The minimum Gasteiger partial charge on any atom is -0.377 e. The number of aliphatic hydroxyl groups is 1. The lowest BCUT2D eigenvalue weighted by Crippen LogP contribution is -2.34. The van der Waals surface area contributed by atoms with Crippen LogP contribution < -0.4 is 0 Å². The first-order valence-electron chi connectivity index (χ1n) is 4.84. The van der Waals surface area contributed by atoms with Gasteiger partial charge in [0, 0.05) is 5.92 Å². The van der Waals surface area contributed by atoms with Gasteiger partial charge in [-0.25, -0.2) is 0 Å². The first-order chi connectivity index (χ1) is 5.64. The number of hydrogen-bond donors (Lipinski definition) is 1. The van der Waals surface area contributed by atoms with E-state index in [1.807, 2.05) is 0 Å². The highest BCUT2D eigenvalue weighted by atomic mass is 16.3. The fourth-order valence-electron chi connectivity index (χ4n) is 2.23. The average Bonchev–Trinajstić information content (AvgIpc) is 2.47. The maximum absolute atomic E-state index is 10.0. The van der Waals surface area contributed by atoms with E-state index in [0.717, 1.165) is 25.7 Å². The number of terminal acetylenes is 1. The van der Waals surface area contributed by atoms with Gasteiger partial charge >= 0.3 is 0 Å². The molecular formula is C11H18O. The van der Waals surface area contributed by atoms with Gasteiger partial charge in [0.1, 0.15) is 5.60 Å². The van der Waals surface area contributed by atoms with Crippen molar-refractivity contribution in [2.75, 3.05) is 0 Å². The van der Waals surface area contributed by atoms with E-state index in [-0.39, 0.29) is 0 Å². The first kappa shape index (κ1) is 9.61. The zero-order valence-electron chi connectivity index (χ0n) is 8.01. The summed E-state index contributed by atoms with van der Waals surface area (Å²) in [6.45, 7) is 4.33. The van der Waals surface area contributed by atoms with Crippen LogP contribution in [0.25, 0.3) is 0 Å². The summed E-state index contributed by atoms with van der Waals surface area (Å²) in [5.74, 6) is 3.44. The van der Waals surface area contributed by atoms with Crippen molar-refractivity contribution in [1.82, 2.24) is 0 Å². The Labute approximate surface area is 75.2 Å². The van der Waals surface area contributed by atoms with Gasteiger partial charge < -0.3 is 5.11 Å². The van der Waals surface area contributed by atoms with Crippen LogP contribution in [0, 0.1) is 24.2 Å². The van der Waals surface area contributed by atoms with Crippen LogP contribution in [-0.2, 0) is 0 Å². The topological polar surface area (TPSA) is 20.2 Å². The smallest absolute Gasteiger partial charge is 0.128 e. The molecule has 1 aliphatic rings. The molecule has 0 aromatic carbocycles. The van der Waals surface area contributed by atoms with Crippen LogP contribution in [0.4, 0.5) is 0 Å². The molecule has 0 bridgehead atoms. The van der Waals surface area contributed by atoms with Crippen LogP contribution >= 0.6 is 0 Å². The van der Waals surface area contributed by atoms with Gasteiger partial charge in [-0.05, 0) is 25.2 Å². The molecule has 3 unspecified atom stereocenters. The lowest BCUT2D eigenvalue weighted by atomic mass is 9.81. The van der Waals surface area contributed by atoms with E-state index >= 15 is 0 Å². The van der Waals surface area contributed by atoms with Crippen LogP contribution in [-0.4, -0.2) is 10.7 Å². The van der Waals surface area contributed by atoms with E-state index in [2.05, 4.69) is 19.8 Å². The summed E-state index contributed by atoms with van der Waals surface area (Å²) in [5.41, 5.74) is -0.796. The molecule has 0 spiro atoms. The SMILES string of the molecule is C#CC1(O)CCCC1C(C)CC. The minimum absolute atomic E-state index is 0.326. The minimum atomic E-state index is -0.796. The van der Waals surface area contributed by atoms with E-state index < -0.39 is 5.60 Å². The summed E-state index contributed by atoms with van der Waals surface area (Å²) in [5, 5.41) is 10.0. The Morgan fingerprint density at radius 2 is 2.42 bits per heavy atom. The van der Waals surface area contributed by atoms with E-state index in [4.69, 9.17) is 6.42 Å². The standard InChI is InChI=1S/C11H18O/c1-4-9(3)10-7-6-8-11(10,12)5-2/h2,9-10,12H,4,6-8H2,1,3H3. The second-order valence-electron chi connectivity index (χ2n) is 3.95.